The van der Waals surface area contributed by atoms with Gasteiger partial charge in [0.05, 0.1) is 23.4 Å². The van der Waals surface area contributed by atoms with E-state index in [1.165, 1.54) is 16.9 Å². The van der Waals surface area contributed by atoms with Crippen LogP contribution < -0.4 is 10.9 Å². The lowest BCUT2D eigenvalue weighted by atomic mass is 10.0. The number of rotatable bonds is 6. The van der Waals surface area contributed by atoms with Crippen LogP contribution in [0.3, 0.4) is 0 Å². The van der Waals surface area contributed by atoms with Crippen molar-refractivity contribution in [1.82, 2.24) is 24.5 Å². The summed E-state index contributed by atoms with van der Waals surface area (Å²) >= 11 is 1.36. The fourth-order valence-electron chi connectivity index (χ4n) is 3.92. The number of carbonyl (C=O) groups excluding carboxylic acids is 1. The van der Waals surface area contributed by atoms with Crippen molar-refractivity contribution in [1.29, 1.82) is 0 Å². The third-order valence-electron chi connectivity index (χ3n) is 5.56. The first-order valence-electron chi connectivity index (χ1n) is 11.1. The monoisotopic (exact) mass is 463 g/mol. The largest absolute Gasteiger partial charge is 0.354 e. The molecule has 4 aromatic rings. The molecule has 0 saturated carbocycles. The molecule has 0 unspecified atom stereocenters. The van der Waals surface area contributed by atoms with E-state index in [4.69, 9.17) is 5.10 Å². The molecule has 3 heterocycles. The minimum Gasteiger partial charge on any atom is -0.354 e. The van der Waals surface area contributed by atoms with Crippen LogP contribution >= 0.6 is 11.3 Å². The van der Waals surface area contributed by atoms with Gasteiger partial charge in [-0.05, 0) is 57.4 Å². The van der Waals surface area contributed by atoms with Crippen LogP contribution in [0.1, 0.15) is 56.3 Å². The molecule has 8 heteroatoms. The highest BCUT2D eigenvalue weighted by Crippen LogP contribution is 2.24. The van der Waals surface area contributed by atoms with Crippen LogP contribution in [0, 0.1) is 13.8 Å². The molecule has 0 atom stereocenters. The zero-order chi connectivity index (χ0) is 23.9. The van der Waals surface area contributed by atoms with E-state index in [0.717, 1.165) is 11.4 Å². The van der Waals surface area contributed by atoms with Crippen LogP contribution in [-0.4, -0.2) is 31.1 Å². The lowest BCUT2D eigenvalue weighted by Gasteiger charge is -2.09. The molecule has 0 bridgehead atoms. The number of hydrogen-bond donors (Lipinski definition) is 1. The molecular weight excluding hydrogens is 434 g/mol. The molecule has 0 aliphatic carbocycles. The van der Waals surface area contributed by atoms with Crippen molar-refractivity contribution in [2.24, 2.45) is 0 Å². The lowest BCUT2D eigenvalue weighted by molar-refractivity contribution is -0.120. The minimum absolute atomic E-state index is 0.0385. The molecule has 0 fully saturated rings. The van der Waals surface area contributed by atoms with Gasteiger partial charge in [-0.3, -0.25) is 14.0 Å². The summed E-state index contributed by atoms with van der Waals surface area (Å²) in [5.74, 6) is 0.333. The van der Waals surface area contributed by atoms with E-state index < -0.39 is 0 Å². The number of aryl methyl sites for hydroxylation is 2. The SMILES string of the molecule is Cc1nc2scc(CC(=O)NC(C)C)n2c(=O)c1-c1cc(C)n(-c2ccc(C(C)C)cc2)n1. The Morgan fingerprint density at radius 3 is 2.45 bits per heavy atom. The molecule has 1 aromatic carbocycles. The van der Waals surface area contributed by atoms with Crippen LogP contribution in [0.2, 0.25) is 0 Å². The smallest absolute Gasteiger partial charge is 0.268 e. The summed E-state index contributed by atoms with van der Waals surface area (Å²) in [6, 6.07) is 10.3. The Balaban J connectivity index is 1.77. The maximum atomic E-state index is 13.6. The van der Waals surface area contributed by atoms with Crippen LogP contribution in [0.15, 0.2) is 40.5 Å². The van der Waals surface area contributed by atoms with E-state index in [1.54, 1.807) is 4.40 Å². The van der Waals surface area contributed by atoms with Gasteiger partial charge in [-0.1, -0.05) is 26.0 Å². The summed E-state index contributed by atoms with van der Waals surface area (Å²) < 4.78 is 3.39. The van der Waals surface area contributed by atoms with Crippen LogP contribution in [0.4, 0.5) is 0 Å². The van der Waals surface area contributed by atoms with E-state index >= 15 is 0 Å². The fraction of sp³-hybridized carbons (Fsp3) is 0.360. The Kier molecular flexibility index (Phi) is 6.21. The summed E-state index contributed by atoms with van der Waals surface area (Å²) in [4.78, 5) is 31.1. The Hall–Kier alpha value is -3.26. The second kappa shape index (κ2) is 8.94. The lowest BCUT2D eigenvalue weighted by Crippen LogP contribution is -2.32. The van der Waals surface area contributed by atoms with Gasteiger partial charge in [-0.25, -0.2) is 9.67 Å². The topological polar surface area (TPSA) is 81.3 Å². The molecule has 0 spiro atoms. The zero-order valence-corrected chi connectivity index (χ0v) is 20.7. The molecule has 1 N–H and O–H groups in total. The van der Waals surface area contributed by atoms with Crippen molar-refractivity contribution in [2.75, 3.05) is 0 Å². The van der Waals surface area contributed by atoms with Crippen molar-refractivity contribution in [3.8, 4) is 16.9 Å². The number of aromatic nitrogens is 4. The molecular formula is C25H29N5O2S. The number of carbonyl (C=O) groups is 1. The molecule has 33 heavy (non-hydrogen) atoms. The second-order valence-electron chi connectivity index (χ2n) is 8.95. The quantitative estimate of drug-likeness (QED) is 0.459. The summed E-state index contributed by atoms with van der Waals surface area (Å²) in [5.41, 5.74) is 5.22. The van der Waals surface area contributed by atoms with E-state index in [9.17, 15) is 9.59 Å². The summed E-state index contributed by atoms with van der Waals surface area (Å²) in [6.45, 7) is 11.9. The Morgan fingerprint density at radius 2 is 1.82 bits per heavy atom. The summed E-state index contributed by atoms with van der Waals surface area (Å²) in [7, 11) is 0. The van der Waals surface area contributed by atoms with Crippen molar-refractivity contribution in [2.45, 2.75) is 59.9 Å². The third kappa shape index (κ3) is 4.48. The number of fused-ring (bicyclic) bond motifs is 1. The molecule has 4 rings (SSSR count). The van der Waals surface area contributed by atoms with Gasteiger partial charge in [0.2, 0.25) is 5.91 Å². The Bertz CT molecular complexity index is 1380. The van der Waals surface area contributed by atoms with Crippen molar-refractivity contribution >= 4 is 22.2 Å². The van der Waals surface area contributed by atoms with Gasteiger partial charge < -0.3 is 5.32 Å². The highest BCUT2D eigenvalue weighted by molar-refractivity contribution is 7.15. The average molecular weight is 464 g/mol. The fourth-order valence-corrected chi connectivity index (χ4v) is 4.85. The number of amides is 1. The van der Waals surface area contributed by atoms with Crippen molar-refractivity contribution < 1.29 is 4.79 Å². The number of nitrogens with zero attached hydrogens (tertiary/aromatic N) is 4. The van der Waals surface area contributed by atoms with Crippen molar-refractivity contribution in [3.05, 3.63) is 68.7 Å². The maximum Gasteiger partial charge on any atom is 0.268 e. The first-order chi connectivity index (χ1) is 15.7. The molecule has 0 aliphatic heterocycles. The zero-order valence-electron chi connectivity index (χ0n) is 19.8. The standard InChI is InChI=1S/C25H29N5O2S/c1-14(2)18-7-9-19(10-8-18)30-16(5)11-21(28-30)23-17(6)27-25-29(24(23)32)20(13-33-25)12-22(31)26-15(3)4/h7-11,13-15H,12H2,1-6H3,(H,26,31). The predicted molar refractivity (Wildman–Crippen MR) is 132 cm³/mol. The predicted octanol–water partition coefficient (Wildman–Crippen LogP) is 4.42. The first-order valence-corrected chi connectivity index (χ1v) is 12.0. The van der Waals surface area contributed by atoms with Gasteiger partial charge in [0.25, 0.3) is 5.56 Å². The molecule has 0 saturated heterocycles. The van der Waals surface area contributed by atoms with E-state index in [0.29, 0.717) is 33.5 Å². The Morgan fingerprint density at radius 1 is 1.12 bits per heavy atom. The van der Waals surface area contributed by atoms with Gasteiger partial charge in [-0.15, -0.1) is 11.3 Å². The van der Waals surface area contributed by atoms with Crippen LogP contribution in [0.25, 0.3) is 21.9 Å². The van der Waals surface area contributed by atoms with E-state index in [-0.39, 0.29) is 23.9 Å². The molecule has 0 radical (unpaired) electrons. The van der Waals surface area contributed by atoms with Gasteiger partial charge >= 0.3 is 0 Å². The number of benzene rings is 1. The first kappa shape index (κ1) is 22.9. The van der Waals surface area contributed by atoms with Gasteiger partial charge in [0.1, 0.15) is 5.69 Å². The number of thiazole rings is 1. The highest BCUT2D eigenvalue weighted by atomic mass is 32.1. The minimum atomic E-state index is -0.203. The molecule has 7 nitrogen and oxygen atoms in total. The molecule has 172 valence electrons. The van der Waals surface area contributed by atoms with Crippen LogP contribution in [-0.2, 0) is 11.2 Å². The van der Waals surface area contributed by atoms with E-state index in [1.807, 2.05) is 56.0 Å². The Labute approximate surface area is 197 Å². The van der Waals surface area contributed by atoms with E-state index in [2.05, 4.69) is 36.3 Å². The molecule has 0 aliphatic rings. The van der Waals surface area contributed by atoms with Crippen LogP contribution in [0.5, 0.6) is 0 Å². The summed E-state index contributed by atoms with van der Waals surface area (Å²) in [6.07, 6.45) is 0.123. The number of nitrogens with one attached hydrogen (secondary N) is 1. The average Bonchev–Trinajstić information content (AvgIpc) is 3.30. The number of hydrogen-bond acceptors (Lipinski definition) is 5. The highest BCUT2D eigenvalue weighted by Gasteiger charge is 2.20. The maximum absolute atomic E-state index is 13.6. The van der Waals surface area contributed by atoms with Gasteiger partial charge in [0.15, 0.2) is 4.96 Å². The summed E-state index contributed by atoms with van der Waals surface area (Å²) in [5, 5.41) is 9.46. The second-order valence-corrected chi connectivity index (χ2v) is 9.79. The molecule has 3 aromatic heterocycles. The van der Waals surface area contributed by atoms with Gasteiger partial charge in [0, 0.05) is 22.8 Å². The van der Waals surface area contributed by atoms with Crippen molar-refractivity contribution in [3.63, 3.8) is 0 Å². The van der Waals surface area contributed by atoms with Gasteiger partial charge in [-0.2, -0.15) is 5.10 Å². The third-order valence-corrected chi connectivity index (χ3v) is 6.43. The normalized spacial score (nSPS) is 11.6. The molecule has 1 amide bonds.